The van der Waals surface area contributed by atoms with E-state index in [0.29, 0.717) is 17.9 Å². The third kappa shape index (κ3) is 3.37. The first-order valence-corrected chi connectivity index (χ1v) is 7.10. The molecule has 2 aliphatic rings. The largest absolute Gasteiger partial charge is 0.444 e. The minimum Gasteiger partial charge on any atom is -0.444 e. The summed E-state index contributed by atoms with van der Waals surface area (Å²) in [5.74, 6) is 1.16. The first-order valence-electron chi connectivity index (χ1n) is 7.10. The van der Waals surface area contributed by atoms with Crippen LogP contribution in [-0.4, -0.2) is 23.8 Å². The molecular formula is C14H26N2O2. The van der Waals surface area contributed by atoms with Crippen LogP contribution in [0.1, 0.15) is 52.9 Å². The maximum atomic E-state index is 11.8. The summed E-state index contributed by atoms with van der Waals surface area (Å²) in [5.41, 5.74) is 5.81. The summed E-state index contributed by atoms with van der Waals surface area (Å²) < 4.78 is 5.31. The van der Waals surface area contributed by atoms with Crippen molar-refractivity contribution >= 4 is 6.09 Å². The number of fused-ring (bicyclic) bond motifs is 2. The highest BCUT2D eigenvalue weighted by Crippen LogP contribution is 2.39. The lowest BCUT2D eigenvalue weighted by atomic mass is 9.67. The molecule has 4 heteroatoms. The number of nitrogens with two attached hydrogens (primary N) is 1. The standard InChI is InChI=1S/C14H26N2O2/c1-14(2,3)18-13(17)16-11-7-9-5-4-6-10(8-11)12(9)15/h9-12H,4-8,15H2,1-3H3,(H,16,17)/t9-,10+,11?,12?. The zero-order chi connectivity index (χ0) is 13.3. The molecule has 18 heavy (non-hydrogen) atoms. The zero-order valence-corrected chi connectivity index (χ0v) is 11.7. The van der Waals surface area contributed by atoms with E-state index in [1.165, 1.54) is 19.3 Å². The molecule has 2 rings (SSSR count). The molecule has 2 aliphatic carbocycles. The Morgan fingerprint density at radius 2 is 1.78 bits per heavy atom. The number of carbonyl (C=O) groups is 1. The van der Waals surface area contributed by atoms with E-state index in [0.717, 1.165) is 12.8 Å². The normalized spacial score (nSPS) is 36.0. The predicted molar refractivity (Wildman–Crippen MR) is 71.2 cm³/mol. The van der Waals surface area contributed by atoms with Gasteiger partial charge in [-0.1, -0.05) is 6.42 Å². The molecular weight excluding hydrogens is 228 g/mol. The number of amides is 1. The van der Waals surface area contributed by atoms with Crippen molar-refractivity contribution in [3.8, 4) is 0 Å². The fourth-order valence-corrected chi connectivity index (χ4v) is 3.38. The van der Waals surface area contributed by atoms with Gasteiger partial charge in [-0.05, 0) is 58.3 Å². The Labute approximate surface area is 110 Å². The SMILES string of the molecule is CC(C)(C)OC(=O)NC1C[C@H]2CCC[C@@H](C1)C2N. The predicted octanol–water partition coefficient (Wildman–Crippen LogP) is 2.42. The van der Waals surface area contributed by atoms with Crippen molar-refractivity contribution in [3.05, 3.63) is 0 Å². The average molecular weight is 254 g/mol. The zero-order valence-electron chi connectivity index (χ0n) is 11.7. The van der Waals surface area contributed by atoms with Crippen LogP contribution in [0.4, 0.5) is 4.79 Å². The van der Waals surface area contributed by atoms with Gasteiger partial charge in [0.15, 0.2) is 0 Å². The molecule has 0 heterocycles. The van der Waals surface area contributed by atoms with Crippen molar-refractivity contribution in [3.63, 3.8) is 0 Å². The van der Waals surface area contributed by atoms with Gasteiger partial charge in [0.05, 0.1) is 0 Å². The van der Waals surface area contributed by atoms with Crippen molar-refractivity contribution in [2.75, 3.05) is 0 Å². The molecule has 104 valence electrons. The highest BCUT2D eigenvalue weighted by molar-refractivity contribution is 5.68. The average Bonchev–Trinajstić information content (AvgIpc) is 2.16. The van der Waals surface area contributed by atoms with Crippen LogP contribution in [0.3, 0.4) is 0 Å². The van der Waals surface area contributed by atoms with Gasteiger partial charge < -0.3 is 15.8 Å². The molecule has 3 N–H and O–H groups in total. The van der Waals surface area contributed by atoms with Gasteiger partial charge in [-0.3, -0.25) is 0 Å². The molecule has 0 radical (unpaired) electrons. The van der Waals surface area contributed by atoms with Crippen molar-refractivity contribution < 1.29 is 9.53 Å². The van der Waals surface area contributed by atoms with E-state index in [1.807, 2.05) is 20.8 Å². The molecule has 0 aromatic carbocycles. The van der Waals surface area contributed by atoms with Gasteiger partial charge >= 0.3 is 6.09 Å². The minimum atomic E-state index is -0.426. The molecule has 2 saturated carbocycles. The minimum absolute atomic E-state index is 0.245. The highest BCUT2D eigenvalue weighted by Gasteiger charge is 2.38. The van der Waals surface area contributed by atoms with E-state index in [2.05, 4.69) is 5.32 Å². The summed E-state index contributed by atoms with van der Waals surface area (Å²) in [6.45, 7) is 5.66. The van der Waals surface area contributed by atoms with Crippen molar-refractivity contribution in [1.82, 2.24) is 5.32 Å². The van der Waals surface area contributed by atoms with E-state index in [9.17, 15) is 4.79 Å². The molecule has 2 bridgehead atoms. The van der Waals surface area contributed by atoms with Crippen LogP contribution in [0.25, 0.3) is 0 Å². The summed E-state index contributed by atoms with van der Waals surface area (Å²) in [6, 6.07) is 0.588. The number of rotatable bonds is 1. The first kappa shape index (κ1) is 13.7. The number of hydrogen-bond acceptors (Lipinski definition) is 3. The summed E-state index contributed by atoms with van der Waals surface area (Å²) >= 11 is 0. The molecule has 0 aromatic heterocycles. The number of carbonyl (C=O) groups excluding carboxylic acids is 1. The fraction of sp³-hybridized carbons (Fsp3) is 0.929. The molecule has 0 aromatic rings. The van der Waals surface area contributed by atoms with Gasteiger partial charge in [-0.15, -0.1) is 0 Å². The Hall–Kier alpha value is -0.770. The van der Waals surface area contributed by atoms with Crippen LogP contribution in [0, 0.1) is 11.8 Å². The molecule has 0 spiro atoms. The van der Waals surface area contributed by atoms with Gasteiger partial charge in [-0.2, -0.15) is 0 Å². The van der Waals surface area contributed by atoms with Gasteiger partial charge in [0.1, 0.15) is 5.60 Å². The van der Waals surface area contributed by atoms with Gasteiger partial charge in [0, 0.05) is 12.1 Å². The maximum absolute atomic E-state index is 11.8. The summed E-state index contributed by atoms with van der Waals surface area (Å²) in [5, 5.41) is 3.01. The molecule has 1 amide bonds. The van der Waals surface area contributed by atoms with E-state index < -0.39 is 5.60 Å². The quantitative estimate of drug-likeness (QED) is 0.755. The number of nitrogens with one attached hydrogen (secondary N) is 1. The van der Waals surface area contributed by atoms with Gasteiger partial charge in [0.25, 0.3) is 0 Å². The van der Waals surface area contributed by atoms with Crippen LogP contribution in [0.15, 0.2) is 0 Å². The lowest BCUT2D eigenvalue weighted by Crippen LogP contribution is -2.52. The smallest absolute Gasteiger partial charge is 0.407 e. The Morgan fingerprint density at radius 1 is 1.22 bits per heavy atom. The highest BCUT2D eigenvalue weighted by atomic mass is 16.6. The lowest BCUT2D eigenvalue weighted by Gasteiger charge is -2.44. The Morgan fingerprint density at radius 3 is 2.28 bits per heavy atom. The Kier molecular flexibility index (Phi) is 3.85. The van der Waals surface area contributed by atoms with E-state index >= 15 is 0 Å². The van der Waals surface area contributed by atoms with Crippen LogP contribution in [0.2, 0.25) is 0 Å². The molecule has 4 nitrogen and oxygen atoms in total. The van der Waals surface area contributed by atoms with Gasteiger partial charge in [0.2, 0.25) is 0 Å². The number of ether oxygens (including phenoxy) is 1. The fourth-order valence-electron chi connectivity index (χ4n) is 3.38. The van der Waals surface area contributed by atoms with Gasteiger partial charge in [-0.25, -0.2) is 4.79 Å². The van der Waals surface area contributed by atoms with Crippen molar-refractivity contribution in [2.45, 2.75) is 70.6 Å². The molecule has 2 fully saturated rings. The van der Waals surface area contributed by atoms with Crippen LogP contribution in [-0.2, 0) is 4.74 Å². The molecule has 2 unspecified atom stereocenters. The summed E-state index contributed by atoms with van der Waals surface area (Å²) in [7, 11) is 0. The van der Waals surface area contributed by atoms with Crippen molar-refractivity contribution in [1.29, 1.82) is 0 Å². The number of alkyl carbamates (subject to hydrolysis) is 1. The summed E-state index contributed by atoms with van der Waals surface area (Å²) in [6.07, 6.45) is 5.45. The lowest BCUT2D eigenvalue weighted by molar-refractivity contribution is 0.0436. The first-order chi connectivity index (χ1) is 8.35. The second kappa shape index (κ2) is 5.08. The van der Waals surface area contributed by atoms with Crippen LogP contribution < -0.4 is 11.1 Å². The molecule has 0 aliphatic heterocycles. The van der Waals surface area contributed by atoms with Crippen LogP contribution in [0.5, 0.6) is 0 Å². The van der Waals surface area contributed by atoms with E-state index in [4.69, 9.17) is 10.5 Å². The van der Waals surface area contributed by atoms with Crippen LogP contribution >= 0.6 is 0 Å². The Balaban J connectivity index is 1.86. The van der Waals surface area contributed by atoms with E-state index in [-0.39, 0.29) is 12.1 Å². The van der Waals surface area contributed by atoms with E-state index in [1.54, 1.807) is 0 Å². The molecule has 4 atom stereocenters. The number of hydrogen-bond donors (Lipinski definition) is 2. The topological polar surface area (TPSA) is 64.3 Å². The Bertz CT molecular complexity index is 297. The maximum Gasteiger partial charge on any atom is 0.407 e. The molecule has 0 saturated heterocycles. The monoisotopic (exact) mass is 254 g/mol. The second-order valence-electron chi connectivity index (χ2n) is 6.84. The second-order valence-corrected chi connectivity index (χ2v) is 6.84. The third-order valence-corrected chi connectivity index (χ3v) is 4.13. The van der Waals surface area contributed by atoms with Crippen molar-refractivity contribution in [2.24, 2.45) is 17.6 Å². The third-order valence-electron chi connectivity index (χ3n) is 4.13. The summed E-state index contributed by atoms with van der Waals surface area (Å²) in [4.78, 5) is 11.8.